The van der Waals surface area contributed by atoms with Gasteiger partial charge in [-0.1, -0.05) is 29.3 Å². The van der Waals surface area contributed by atoms with Crippen LogP contribution in [0, 0.1) is 0 Å². The average Bonchev–Trinajstić information content (AvgIpc) is 2.91. The minimum Gasteiger partial charge on any atom is -0.463 e. The van der Waals surface area contributed by atoms with Crippen LogP contribution in [0.3, 0.4) is 0 Å². The number of halogens is 1. The molecule has 1 aliphatic carbocycles. The van der Waals surface area contributed by atoms with Gasteiger partial charge in [0.2, 0.25) is 11.9 Å². The van der Waals surface area contributed by atoms with Crippen molar-refractivity contribution >= 4 is 41.6 Å². The lowest BCUT2D eigenvalue weighted by atomic mass is 9.86. The highest BCUT2D eigenvalue weighted by molar-refractivity contribution is 6.32. The minimum absolute atomic E-state index is 0.211. The highest BCUT2D eigenvalue weighted by Crippen LogP contribution is 2.44. The Morgan fingerprint density at radius 3 is 2.07 bits per heavy atom. The van der Waals surface area contributed by atoms with Crippen molar-refractivity contribution in [2.24, 2.45) is 0 Å². The summed E-state index contributed by atoms with van der Waals surface area (Å²) in [5.41, 5.74) is 2.23. The molecule has 0 bridgehead atoms. The maximum atomic E-state index is 12.3. The number of rotatable bonds is 9. The van der Waals surface area contributed by atoms with Gasteiger partial charge in [-0.15, -0.1) is 0 Å². The normalized spacial score (nSPS) is 27.9. The summed E-state index contributed by atoms with van der Waals surface area (Å²) in [7, 11) is 3.03. The van der Waals surface area contributed by atoms with Crippen LogP contribution in [0.5, 0.6) is 0 Å². The van der Waals surface area contributed by atoms with Crippen molar-refractivity contribution in [2.45, 2.75) is 89.7 Å². The van der Waals surface area contributed by atoms with Crippen LogP contribution in [-0.2, 0) is 58.1 Å². The standard InChI is InChI=1S/C29H37ClO11/c1-16(31)37-15-25-26(38-17(2)32)27(39-18(3)33)28(40-19(4)34)29(36-6,41-25)22-9-12-24(30)21(14-22)13-20-7-10-23(35-5)11-8-20/h9,12-14,23,25-28H,7-8,10-11,15H2,1-6H3/t23?,25-,26-,27+,28-,29?/m1/s1. The van der Waals surface area contributed by atoms with E-state index >= 15 is 0 Å². The third kappa shape index (κ3) is 8.06. The predicted molar refractivity (Wildman–Crippen MR) is 146 cm³/mol. The molecule has 41 heavy (non-hydrogen) atoms. The fourth-order valence-electron chi connectivity index (χ4n) is 5.21. The van der Waals surface area contributed by atoms with E-state index in [2.05, 4.69) is 0 Å². The summed E-state index contributed by atoms with van der Waals surface area (Å²) in [5.74, 6) is -4.70. The molecular weight excluding hydrogens is 560 g/mol. The van der Waals surface area contributed by atoms with Crippen LogP contribution < -0.4 is 0 Å². The average molecular weight is 597 g/mol. The molecule has 0 spiro atoms. The Kier molecular flexibility index (Phi) is 11.3. The summed E-state index contributed by atoms with van der Waals surface area (Å²) < 4.78 is 39.7. The Hall–Kier alpha value is -2.99. The molecule has 2 fully saturated rings. The molecule has 0 amide bonds. The maximum Gasteiger partial charge on any atom is 0.303 e. The van der Waals surface area contributed by atoms with Gasteiger partial charge in [-0.3, -0.25) is 19.2 Å². The van der Waals surface area contributed by atoms with Gasteiger partial charge in [-0.25, -0.2) is 0 Å². The van der Waals surface area contributed by atoms with Gasteiger partial charge in [0.05, 0.1) is 6.10 Å². The molecule has 1 unspecified atom stereocenters. The summed E-state index contributed by atoms with van der Waals surface area (Å²) in [6.45, 7) is 4.31. The van der Waals surface area contributed by atoms with Gasteiger partial charge in [0.25, 0.3) is 0 Å². The van der Waals surface area contributed by atoms with E-state index in [0.29, 0.717) is 16.1 Å². The van der Waals surface area contributed by atoms with Crippen molar-refractivity contribution in [1.82, 2.24) is 0 Å². The Labute approximate surface area is 244 Å². The lowest BCUT2D eigenvalue weighted by Gasteiger charge is -2.50. The second-order valence-corrected chi connectivity index (χ2v) is 10.4. The molecule has 0 radical (unpaired) electrons. The van der Waals surface area contributed by atoms with Crippen LogP contribution >= 0.6 is 11.6 Å². The second-order valence-electron chi connectivity index (χ2n) is 9.98. The first-order chi connectivity index (χ1) is 19.4. The third-order valence-electron chi connectivity index (χ3n) is 7.01. The Bertz CT molecular complexity index is 1160. The lowest BCUT2D eigenvalue weighted by Crippen LogP contribution is -2.67. The molecule has 1 aliphatic heterocycles. The number of allylic oxidation sites excluding steroid dienone is 1. The number of esters is 4. The van der Waals surface area contributed by atoms with Crippen LogP contribution in [0.25, 0.3) is 6.08 Å². The van der Waals surface area contributed by atoms with E-state index < -0.39 is 54.1 Å². The molecule has 1 heterocycles. The highest BCUT2D eigenvalue weighted by Gasteiger charge is 2.61. The fourth-order valence-corrected chi connectivity index (χ4v) is 5.39. The van der Waals surface area contributed by atoms with E-state index in [1.807, 2.05) is 6.08 Å². The van der Waals surface area contributed by atoms with E-state index in [4.69, 9.17) is 44.8 Å². The fraction of sp³-hybridized carbons (Fsp3) is 0.586. The predicted octanol–water partition coefficient (Wildman–Crippen LogP) is 3.87. The van der Waals surface area contributed by atoms with Gasteiger partial charge in [-0.2, -0.15) is 0 Å². The number of ether oxygens (including phenoxy) is 7. The van der Waals surface area contributed by atoms with Gasteiger partial charge in [0.1, 0.15) is 12.7 Å². The SMILES string of the molecule is COC1CCC(=Cc2cc(C3(OC)O[C@H](COC(C)=O)[C@@H](OC(C)=O)[C@H](OC(C)=O)[C@H]3OC(C)=O)ccc2Cl)CC1. The van der Waals surface area contributed by atoms with Crippen LogP contribution in [0.2, 0.25) is 5.02 Å². The van der Waals surface area contributed by atoms with Crippen molar-refractivity contribution < 1.29 is 52.3 Å². The first-order valence-corrected chi connectivity index (χ1v) is 13.7. The summed E-state index contributed by atoms with van der Waals surface area (Å²) in [5, 5.41) is 0.465. The zero-order valence-electron chi connectivity index (χ0n) is 24.1. The van der Waals surface area contributed by atoms with E-state index in [1.165, 1.54) is 26.5 Å². The third-order valence-corrected chi connectivity index (χ3v) is 7.35. The van der Waals surface area contributed by atoms with Crippen LogP contribution in [-0.4, -0.2) is 75.2 Å². The van der Waals surface area contributed by atoms with E-state index in [0.717, 1.165) is 39.5 Å². The summed E-state index contributed by atoms with van der Waals surface area (Å²) in [6.07, 6.45) is 0.331. The maximum absolute atomic E-state index is 12.3. The first kappa shape index (κ1) is 32.5. The van der Waals surface area contributed by atoms with Crippen molar-refractivity contribution in [3.63, 3.8) is 0 Å². The quantitative estimate of drug-likeness (QED) is 0.304. The molecule has 1 aromatic rings. The van der Waals surface area contributed by atoms with Gasteiger partial charge in [-0.05, 0) is 43.4 Å². The molecule has 226 valence electrons. The molecule has 2 aliphatic rings. The Morgan fingerprint density at radius 2 is 1.54 bits per heavy atom. The number of hydrogen-bond donors (Lipinski definition) is 0. The van der Waals surface area contributed by atoms with Gasteiger partial charge in [0, 0.05) is 52.5 Å². The monoisotopic (exact) mass is 596 g/mol. The minimum atomic E-state index is -1.89. The van der Waals surface area contributed by atoms with Crippen molar-refractivity contribution in [2.75, 3.05) is 20.8 Å². The van der Waals surface area contributed by atoms with Crippen LogP contribution in [0.15, 0.2) is 23.8 Å². The zero-order chi connectivity index (χ0) is 30.3. The molecule has 1 saturated heterocycles. The topological polar surface area (TPSA) is 133 Å². The zero-order valence-corrected chi connectivity index (χ0v) is 24.9. The summed E-state index contributed by atoms with van der Waals surface area (Å²) in [4.78, 5) is 48.4. The van der Waals surface area contributed by atoms with Gasteiger partial charge in [0.15, 0.2) is 12.2 Å². The molecule has 12 heteroatoms. The molecule has 11 nitrogen and oxygen atoms in total. The summed E-state index contributed by atoms with van der Waals surface area (Å²) in [6, 6.07) is 5.02. The van der Waals surface area contributed by atoms with Crippen LogP contribution in [0.1, 0.15) is 64.5 Å². The molecule has 5 atom stereocenters. The lowest BCUT2D eigenvalue weighted by molar-refractivity contribution is -0.367. The number of hydrogen-bond acceptors (Lipinski definition) is 11. The smallest absolute Gasteiger partial charge is 0.303 e. The van der Waals surface area contributed by atoms with Crippen LogP contribution in [0.4, 0.5) is 0 Å². The highest BCUT2D eigenvalue weighted by atomic mass is 35.5. The van der Waals surface area contributed by atoms with E-state index in [1.54, 1.807) is 25.3 Å². The van der Waals surface area contributed by atoms with Crippen molar-refractivity contribution in [3.05, 3.63) is 39.9 Å². The molecular formula is C29H37ClO11. The number of carbonyl (C=O) groups is 4. The molecule has 0 N–H and O–H groups in total. The van der Waals surface area contributed by atoms with E-state index in [-0.39, 0.29) is 12.7 Å². The molecule has 1 aromatic carbocycles. The Morgan fingerprint density at radius 1 is 0.927 bits per heavy atom. The van der Waals surface area contributed by atoms with Crippen molar-refractivity contribution in [1.29, 1.82) is 0 Å². The van der Waals surface area contributed by atoms with Crippen molar-refractivity contribution in [3.8, 4) is 0 Å². The largest absolute Gasteiger partial charge is 0.463 e. The van der Waals surface area contributed by atoms with Gasteiger partial charge >= 0.3 is 23.9 Å². The number of benzene rings is 1. The second kappa shape index (κ2) is 14.3. The number of carbonyl (C=O) groups excluding carboxylic acids is 4. The Balaban J connectivity index is 2.16. The number of methoxy groups -OCH3 is 2. The molecule has 1 saturated carbocycles. The molecule has 0 aromatic heterocycles. The van der Waals surface area contributed by atoms with Gasteiger partial charge < -0.3 is 33.2 Å². The molecule has 3 rings (SSSR count). The summed E-state index contributed by atoms with van der Waals surface area (Å²) >= 11 is 6.59. The first-order valence-electron chi connectivity index (χ1n) is 13.3. The van der Waals surface area contributed by atoms with E-state index in [9.17, 15) is 19.2 Å².